The largest absolute Gasteiger partial charge is 0.481 e. The van der Waals surface area contributed by atoms with Gasteiger partial charge in [-0.15, -0.1) is 0 Å². The van der Waals surface area contributed by atoms with Crippen molar-refractivity contribution in [1.29, 1.82) is 0 Å². The Labute approximate surface area is 121 Å². The maximum atomic E-state index is 13.2. The summed E-state index contributed by atoms with van der Waals surface area (Å²) in [5.74, 6) is -2.27. The summed E-state index contributed by atoms with van der Waals surface area (Å²) in [7, 11) is 0. The molecule has 3 nitrogen and oxygen atoms in total. The predicted octanol–water partition coefficient (Wildman–Crippen LogP) is 3.22. The van der Waals surface area contributed by atoms with Gasteiger partial charge in [0.05, 0.1) is 5.92 Å². The van der Waals surface area contributed by atoms with Crippen molar-refractivity contribution in [3.05, 3.63) is 0 Å². The van der Waals surface area contributed by atoms with Crippen LogP contribution in [0.5, 0.6) is 0 Å². The van der Waals surface area contributed by atoms with Gasteiger partial charge < -0.3 is 10.2 Å². The van der Waals surface area contributed by atoms with E-state index < -0.39 is 29.1 Å². The molecule has 4 rings (SSSR count). The number of carboxylic acid groups (broad SMARTS) is 1. The maximum Gasteiger partial charge on any atom is 0.417 e. The molecule has 4 aliphatic rings. The highest BCUT2D eigenvalue weighted by molar-refractivity contribution is 5.73. The van der Waals surface area contributed by atoms with Gasteiger partial charge in [0.15, 0.2) is 5.60 Å². The summed E-state index contributed by atoms with van der Waals surface area (Å²) in [5.41, 5.74) is -4.07. The second kappa shape index (κ2) is 4.37. The minimum Gasteiger partial charge on any atom is -0.481 e. The van der Waals surface area contributed by atoms with Crippen molar-refractivity contribution in [2.45, 2.75) is 57.2 Å². The van der Waals surface area contributed by atoms with E-state index in [0.717, 1.165) is 19.3 Å². The van der Waals surface area contributed by atoms with Gasteiger partial charge in [0.2, 0.25) is 0 Å². The first-order chi connectivity index (χ1) is 9.55. The van der Waals surface area contributed by atoms with Crippen LogP contribution in [-0.4, -0.2) is 28.0 Å². The highest BCUT2D eigenvalue weighted by atomic mass is 19.4. The van der Waals surface area contributed by atoms with Crippen LogP contribution in [0.3, 0.4) is 0 Å². The molecule has 0 saturated heterocycles. The lowest BCUT2D eigenvalue weighted by Gasteiger charge is -2.60. The molecule has 2 N–H and O–H groups in total. The Hall–Kier alpha value is -0.780. The standard InChI is InChI=1S/C15H21F3O3/c1-13(21,15(16,17)18)11(12(19)20)14-5-8-2-9(6-14)4-10(3-8)7-14/h8-11,21H,2-7H2,1H3,(H,19,20). The molecule has 21 heavy (non-hydrogen) atoms. The number of rotatable bonds is 3. The molecular formula is C15H21F3O3. The fourth-order valence-electron chi connectivity index (χ4n) is 5.79. The number of aliphatic carboxylic acids is 1. The van der Waals surface area contributed by atoms with Crippen LogP contribution in [0.1, 0.15) is 45.4 Å². The minimum absolute atomic E-state index is 0.335. The quantitative estimate of drug-likeness (QED) is 0.841. The van der Waals surface area contributed by atoms with Gasteiger partial charge in [0, 0.05) is 0 Å². The number of hydrogen-bond donors (Lipinski definition) is 2. The Morgan fingerprint density at radius 1 is 1.10 bits per heavy atom. The molecule has 4 bridgehead atoms. The average Bonchev–Trinajstić information content (AvgIpc) is 2.22. The van der Waals surface area contributed by atoms with Crippen molar-refractivity contribution >= 4 is 5.97 Å². The number of carboxylic acids is 1. The minimum atomic E-state index is -4.93. The fraction of sp³-hybridized carbons (Fsp3) is 0.933. The number of alkyl halides is 3. The zero-order valence-corrected chi connectivity index (χ0v) is 12.0. The lowest BCUT2D eigenvalue weighted by atomic mass is 9.45. The van der Waals surface area contributed by atoms with E-state index in [4.69, 9.17) is 0 Å². The van der Waals surface area contributed by atoms with Crippen molar-refractivity contribution in [3.63, 3.8) is 0 Å². The molecule has 0 heterocycles. The SMILES string of the molecule is CC(O)(C(C(=O)O)C12CC3CC(CC(C3)C1)C2)C(F)(F)F. The van der Waals surface area contributed by atoms with E-state index in [2.05, 4.69) is 0 Å². The van der Waals surface area contributed by atoms with Crippen LogP contribution < -0.4 is 0 Å². The first kappa shape index (κ1) is 15.1. The molecule has 120 valence electrons. The van der Waals surface area contributed by atoms with E-state index in [1.807, 2.05) is 0 Å². The van der Waals surface area contributed by atoms with Gasteiger partial charge in [-0.3, -0.25) is 4.79 Å². The molecule has 0 spiro atoms. The van der Waals surface area contributed by atoms with Gasteiger partial charge in [-0.1, -0.05) is 0 Å². The Balaban J connectivity index is 2.00. The van der Waals surface area contributed by atoms with Crippen molar-refractivity contribution in [2.75, 3.05) is 0 Å². The summed E-state index contributed by atoms with van der Waals surface area (Å²) in [6.07, 6.45) is -0.342. The number of carbonyl (C=O) groups is 1. The Bertz CT molecular complexity index is 420. The van der Waals surface area contributed by atoms with Gasteiger partial charge in [-0.25, -0.2) is 0 Å². The van der Waals surface area contributed by atoms with Crippen molar-refractivity contribution < 1.29 is 28.2 Å². The predicted molar refractivity (Wildman–Crippen MR) is 68.4 cm³/mol. The van der Waals surface area contributed by atoms with E-state index in [1.165, 1.54) is 0 Å². The first-order valence-electron chi connectivity index (χ1n) is 7.57. The summed E-state index contributed by atoms with van der Waals surface area (Å²) >= 11 is 0. The normalized spacial score (nSPS) is 42.6. The fourth-order valence-corrected chi connectivity index (χ4v) is 5.79. The van der Waals surface area contributed by atoms with E-state index in [9.17, 15) is 28.2 Å². The Kier molecular flexibility index (Phi) is 3.15. The zero-order chi connectivity index (χ0) is 15.6. The molecule has 6 heteroatoms. The van der Waals surface area contributed by atoms with E-state index in [-0.39, 0.29) is 0 Å². The van der Waals surface area contributed by atoms with Crippen LogP contribution in [0.25, 0.3) is 0 Å². The van der Waals surface area contributed by atoms with Crippen molar-refractivity contribution in [2.24, 2.45) is 29.1 Å². The summed E-state index contributed by atoms with van der Waals surface area (Å²) in [4.78, 5) is 11.6. The van der Waals surface area contributed by atoms with Crippen LogP contribution in [-0.2, 0) is 4.79 Å². The third kappa shape index (κ3) is 2.17. The smallest absolute Gasteiger partial charge is 0.417 e. The van der Waals surface area contributed by atoms with Gasteiger partial charge >= 0.3 is 12.1 Å². The third-order valence-corrected chi connectivity index (χ3v) is 6.08. The molecule has 0 aromatic rings. The van der Waals surface area contributed by atoms with Gasteiger partial charge in [0.1, 0.15) is 0 Å². The number of hydrogen-bond acceptors (Lipinski definition) is 2. The molecule has 0 amide bonds. The molecule has 2 unspecified atom stereocenters. The summed E-state index contributed by atoms with van der Waals surface area (Å²) in [6.45, 7) is 0.629. The Morgan fingerprint density at radius 3 is 1.76 bits per heavy atom. The van der Waals surface area contributed by atoms with E-state index in [0.29, 0.717) is 43.9 Å². The third-order valence-electron chi connectivity index (χ3n) is 6.08. The molecule has 0 aliphatic heterocycles. The molecule has 4 aliphatic carbocycles. The second-order valence-electron chi connectivity index (χ2n) is 7.70. The molecule has 4 saturated carbocycles. The van der Waals surface area contributed by atoms with Gasteiger partial charge in [-0.05, 0) is 68.6 Å². The van der Waals surface area contributed by atoms with Crippen molar-refractivity contribution in [1.82, 2.24) is 0 Å². The maximum absolute atomic E-state index is 13.2. The highest BCUT2D eigenvalue weighted by Gasteiger charge is 2.67. The lowest BCUT2D eigenvalue weighted by Crippen LogP contribution is -2.62. The van der Waals surface area contributed by atoms with Gasteiger partial charge in [-0.2, -0.15) is 13.2 Å². The monoisotopic (exact) mass is 306 g/mol. The molecule has 0 aromatic carbocycles. The molecule has 2 atom stereocenters. The van der Waals surface area contributed by atoms with Crippen LogP contribution >= 0.6 is 0 Å². The van der Waals surface area contributed by atoms with Crippen LogP contribution in [0.2, 0.25) is 0 Å². The van der Waals surface area contributed by atoms with E-state index in [1.54, 1.807) is 0 Å². The van der Waals surface area contributed by atoms with Crippen molar-refractivity contribution in [3.8, 4) is 0 Å². The van der Waals surface area contributed by atoms with Crippen LogP contribution in [0, 0.1) is 29.1 Å². The molecular weight excluding hydrogens is 285 g/mol. The van der Waals surface area contributed by atoms with Gasteiger partial charge in [0.25, 0.3) is 0 Å². The topological polar surface area (TPSA) is 57.5 Å². The first-order valence-corrected chi connectivity index (χ1v) is 7.57. The van der Waals surface area contributed by atoms with Crippen LogP contribution in [0.15, 0.2) is 0 Å². The van der Waals surface area contributed by atoms with Crippen LogP contribution in [0.4, 0.5) is 13.2 Å². The highest BCUT2D eigenvalue weighted by Crippen LogP contribution is 2.65. The summed E-state index contributed by atoms with van der Waals surface area (Å²) in [6, 6.07) is 0. The number of aliphatic hydroxyl groups is 1. The second-order valence-corrected chi connectivity index (χ2v) is 7.70. The Morgan fingerprint density at radius 2 is 1.48 bits per heavy atom. The summed E-state index contributed by atoms with van der Waals surface area (Å²) < 4.78 is 39.6. The summed E-state index contributed by atoms with van der Waals surface area (Å²) in [5, 5.41) is 19.5. The average molecular weight is 306 g/mol. The molecule has 0 aromatic heterocycles. The lowest BCUT2D eigenvalue weighted by molar-refractivity contribution is -0.293. The van der Waals surface area contributed by atoms with E-state index >= 15 is 0 Å². The molecule has 4 fully saturated rings. The number of halogens is 3. The zero-order valence-electron chi connectivity index (χ0n) is 12.0. The molecule has 0 radical (unpaired) electrons.